The summed E-state index contributed by atoms with van der Waals surface area (Å²) < 4.78 is 0. The van der Waals surface area contributed by atoms with Gasteiger partial charge in [0.25, 0.3) is 0 Å². The van der Waals surface area contributed by atoms with Gasteiger partial charge in [0.15, 0.2) is 0 Å². The molecule has 0 aliphatic carbocycles. The Kier molecular flexibility index (Phi) is 3.11. The van der Waals surface area contributed by atoms with Gasteiger partial charge in [-0.1, -0.05) is 43.5 Å². The lowest BCUT2D eigenvalue weighted by molar-refractivity contribution is 0.511. The first kappa shape index (κ1) is 11.6. The van der Waals surface area contributed by atoms with Crippen LogP contribution in [-0.2, 0) is 0 Å². The number of aliphatic hydroxyl groups excluding tert-OH is 1. The molecule has 0 atom stereocenters. The fourth-order valence-electron chi connectivity index (χ4n) is 1.59. The number of benzene rings is 1. The molecule has 0 amide bonds. The average Bonchev–Trinajstić information content (AvgIpc) is 2.72. The fourth-order valence-corrected chi connectivity index (χ4v) is 2.54. The van der Waals surface area contributed by atoms with Gasteiger partial charge in [-0.15, -0.1) is 11.3 Å². The molecule has 2 aromatic rings. The maximum absolute atomic E-state index is 9.51. The van der Waals surface area contributed by atoms with E-state index in [1.165, 1.54) is 0 Å². The van der Waals surface area contributed by atoms with Crippen LogP contribution in [0.1, 0.15) is 16.3 Å². The zero-order valence-corrected chi connectivity index (χ0v) is 10.4. The van der Waals surface area contributed by atoms with Gasteiger partial charge in [0.1, 0.15) is 11.5 Å². The van der Waals surface area contributed by atoms with E-state index in [0.717, 1.165) is 21.0 Å². The third kappa shape index (κ3) is 2.29. The van der Waals surface area contributed by atoms with Gasteiger partial charge in [-0.3, -0.25) is 0 Å². The summed E-state index contributed by atoms with van der Waals surface area (Å²) in [6, 6.07) is 7.97. The van der Waals surface area contributed by atoms with Crippen LogP contribution in [0.5, 0.6) is 0 Å². The predicted octanol–water partition coefficient (Wildman–Crippen LogP) is 4.29. The zero-order chi connectivity index (χ0) is 12.4. The Labute approximate surface area is 105 Å². The summed E-state index contributed by atoms with van der Waals surface area (Å²) in [5, 5.41) is 10.4. The topological polar surface area (TPSA) is 33.1 Å². The second-order valence-electron chi connectivity index (χ2n) is 3.68. The molecule has 1 N–H and O–H groups in total. The molecular weight excluding hydrogens is 230 g/mol. The molecule has 2 rings (SSSR count). The first-order chi connectivity index (χ1) is 8.11. The van der Waals surface area contributed by atoms with Crippen molar-refractivity contribution in [2.75, 3.05) is 0 Å². The van der Waals surface area contributed by atoms with Crippen LogP contribution in [0.3, 0.4) is 0 Å². The van der Waals surface area contributed by atoms with E-state index in [4.69, 9.17) is 0 Å². The Hall–Kier alpha value is -1.87. The lowest BCUT2D eigenvalue weighted by Gasteiger charge is -2.01. The Morgan fingerprint density at radius 1 is 1.35 bits per heavy atom. The van der Waals surface area contributed by atoms with E-state index in [-0.39, 0.29) is 5.76 Å². The number of nitrogens with zero attached hydrogens (tertiary/aromatic N) is 1. The van der Waals surface area contributed by atoms with Crippen molar-refractivity contribution < 1.29 is 5.11 Å². The van der Waals surface area contributed by atoms with E-state index in [1.807, 2.05) is 31.2 Å². The predicted molar refractivity (Wildman–Crippen MR) is 74.0 cm³/mol. The highest BCUT2D eigenvalue weighted by Gasteiger charge is 2.13. The van der Waals surface area contributed by atoms with Crippen molar-refractivity contribution in [3.8, 4) is 10.4 Å². The van der Waals surface area contributed by atoms with Crippen LogP contribution in [-0.4, -0.2) is 10.1 Å². The summed E-state index contributed by atoms with van der Waals surface area (Å²) in [7, 11) is 0. The number of rotatable bonds is 3. The monoisotopic (exact) mass is 243 g/mol. The van der Waals surface area contributed by atoms with Crippen LogP contribution in [0.15, 0.2) is 37.4 Å². The van der Waals surface area contributed by atoms with Crippen LogP contribution >= 0.6 is 11.3 Å². The smallest absolute Gasteiger partial charge is 0.135 e. The van der Waals surface area contributed by atoms with Crippen molar-refractivity contribution in [1.82, 2.24) is 4.98 Å². The largest absolute Gasteiger partial charge is 0.506 e. The first-order valence-electron chi connectivity index (χ1n) is 5.20. The number of aromatic nitrogens is 1. The molecule has 2 nitrogen and oxygen atoms in total. The van der Waals surface area contributed by atoms with Gasteiger partial charge in [0, 0.05) is 0 Å². The van der Waals surface area contributed by atoms with E-state index < -0.39 is 0 Å². The van der Waals surface area contributed by atoms with Crippen LogP contribution in [0, 0.1) is 6.92 Å². The number of aliphatic hydroxyl groups is 1. The lowest BCUT2D eigenvalue weighted by Crippen LogP contribution is -1.85. The van der Waals surface area contributed by atoms with Gasteiger partial charge in [-0.05, 0) is 18.1 Å². The van der Waals surface area contributed by atoms with Crippen LogP contribution < -0.4 is 0 Å². The fraction of sp³-hybridized carbons (Fsp3) is 0.0714. The van der Waals surface area contributed by atoms with Crippen molar-refractivity contribution in [3.05, 3.63) is 53.7 Å². The molecule has 3 heteroatoms. The van der Waals surface area contributed by atoms with E-state index in [9.17, 15) is 5.11 Å². The quantitative estimate of drug-likeness (QED) is 0.816. The summed E-state index contributed by atoms with van der Waals surface area (Å²) in [6.45, 7) is 9.18. The van der Waals surface area contributed by atoms with Gasteiger partial charge in [0.2, 0.25) is 0 Å². The molecule has 0 unspecified atom stereocenters. The molecule has 1 heterocycles. The van der Waals surface area contributed by atoms with Gasteiger partial charge in [-0.2, -0.15) is 0 Å². The summed E-state index contributed by atoms with van der Waals surface area (Å²) in [5.74, 6) is 0.0112. The van der Waals surface area contributed by atoms with Crippen molar-refractivity contribution in [3.63, 3.8) is 0 Å². The molecule has 0 saturated heterocycles. The Bertz CT molecular complexity index is 566. The SMILES string of the molecule is C=Cc1ccc(-c2sc(C)nc2C(=C)O)cc1. The Balaban J connectivity index is 2.51. The molecule has 0 radical (unpaired) electrons. The Morgan fingerprint density at radius 3 is 2.53 bits per heavy atom. The van der Waals surface area contributed by atoms with Gasteiger partial charge >= 0.3 is 0 Å². The van der Waals surface area contributed by atoms with Crippen LogP contribution in [0.25, 0.3) is 22.3 Å². The zero-order valence-electron chi connectivity index (χ0n) is 9.60. The number of hydrogen-bond acceptors (Lipinski definition) is 3. The third-order valence-electron chi connectivity index (χ3n) is 2.42. The van der Waals surface area contributed by atoms with Gasteiger partial charge < -0.3 is 5.11 Å². The highest BCUT2D eigenvalue weighted by atomic mass is 32.1. The maximum Gasteiger partial charge on any atom is 0.135 e. The van der Waals surface area contributed by atoms with E-state index in [0.29, 0.717) is 5.69 Å². The van der Waals surface area contributed by atoms with Gasteiger partial charge in [0.05, 0.1) is 9.88 Å². The molecule has 0 fully saturated rings. The standard InChI is InChI=1S/C14H13NOS/c1-4-11-5-7-12(8-6-11)14-13(9(2)16)15-10(3)17-14/h4-8,16H,1-2H2,3H3. The molecule has 0 aliphatic heterocycles. The molecular formula is C14H13NOS. The minimum atomic E-state index is 0.0112. The lowest BCUT2D eigenvalue weighted by atomic mass is 10.1. The Morgan fingerprint density at radius 2 is 2.00 bits per heavy atom. The van der Waals surface area contributed by atoms with E-state index in [1.54, 1.807) is 17.4 Å². The second kappa shape index (κ2) is 4.55. The summed E-state index contributed by atoms with van der Waals surface area (Å²) in [5.41, 5.74) is 2.67. The molecule has 0 saturated carbocycles. The average molecular weight is 243 g/mol. The summed E-state index contributed by atoms with van der Waals surface area (Å²) >= 11 is 1.55. The molecule has 0 bridgehead atoms. The molecule has 17 heavy (non-hydrogen) atoms. The van der Waals surface area contributed by atoms with E-state index >= 15 is 0 Å². The van der Waals surface area contributed by atoms with Gasteiger partial charge in [-0.25, -0.2) is 4.98 Å². The molecule has 1 aromatic carbocycles. The number of hydrogen-bond donors (Lipinski definition) is 1. The first-order valence-corrected chi connectivity index (χ1v) is 6.02. The normalized spacial score (nSPS) is 10.2. The van der Waals surface area contributed by atoms with Crippen molar-refractivity contribution in [1.29, 1.82) is 0 Å². The van der Waals surface area contributed by atoms with Crippen LogP contribution in [0.2, 0.25) is 0 Å². The minimum Gasteiger partial charge on any atom is -0.506 e. The molecule has 0 spiro atoms. The number of aryl methyl sites for hydroxylation is 1. The molecule has 1 aromatic heterocycles. The third-order valence-corrected chi connectivity index (χ3v) is 3.44. The minimum absolute atomic E-state index is 0.0112. The van der Waals surface area contributed by atoms with Crippen molar-refractivity contribution in [2.24, 2.45) is 0 Å². The van der Waals surface area contributed by atoms with Crippen molar-refractivity contribution >= 4 is 23.2 Å². The second-order valence-corrected chi connectivity index (χ2v) is 4.89. The number of thiazole rings is 1. The molecule has 86 valence electrons. The van der Waals surface area contributed by atoms with Crippen molar-refractivity contribution in [2.45, 2.75) is 6.92 Å². The molecule has 0 aliphatic rings. The van der Waals surface area contributed by atoms with E-state index in [2.05, 4.69) is 18.1 Å². The maximum atomic E-state index is 9.51. The highest BCUT2D eigenvalue weighted by molar-refractivity contribution is 7.15. The summed E-state index contributed by atoms with van der Waals surface area (Å²) in [6.07, 6.45) is 1.80. The van der Waals surface area contributed by atoms with Crippen LogP contribution in [0.4, 0.5) is 0 Å². The highest BCUT2D eigenvalue weighted by Crippen LogP contribution is 2.33. The summed E-state index contributed by atoms with van der Waals surface area (Å²) in [4.78, 5) is 5.23.